The van der Waals surface area contributed by atoms with E-state index in [1.165, 1.54) is 6.42 Å². The first-order valence-corrected chi connectivity index (χ1v) is 4.68. The SMILES string of the molecule is CCCNCNCNCCNC. The maximum atomic E-state index is 3.26. The molecule has 0 aliphatic carbocycles. The van der Waals surface area contributed by atoms with Gasteiger partial charge in [0.1, 0.15) is 0 Å². The third-order valence-corrected chi connectivity index (χ3v) is 1.48. The Morgan fingerprint density at radius 2 is 1.50 bits per heavy atom. The van der Waals surface area contributed by atoms with E-state index in [9.17, 15) is 0 Å². The van der Waals surface area contributed by atoms with Crippen LogP contribution in [0.2, 0.25) is 0 Å². The maximum Gasteiger partial charge on any atom is 0.0465 e. The Kier molecular flexibility index (Phi) is 10.7. The zero-order valence-electron chi connectivity index (χ0n) is 8.24. The van der Waals surface area contributed by atoms with Crippen LogP contribution in [-0.2, 0) is 0 Å². The van der Waals surface area contributed by atoms with Gasteiger partial charge in [-0.05, 0) is 20.0 Å². The summed E-state index contributed by atoms with van der Waals surface area (Å²) in [6.45, 7) is 7.04. The van der Waals surface area contributed by atoms with E-state index in [1.54, 1.807) is 0 Å². The lowest BCUT2D eigenvalue weighted by molar-refractivity contribution is 0.528. The van der Waals surface area contributed by atoms with Crippen molar-refractivity contribution in [1.29, 1.82) is 0 Å². The maximum absolute atomic E-state index is 3.26. The van der Waals surface area contributed by atoms with Crippen molar-refractivity contribution in [3.05, 3.63) is 0 Å². The molecule has 4 N–H and O–H groups in total. The highest BCUT2D eigenvalue weighted by Crippen LogP contribution is 1.65. The fraction of sp³-hybridized carbons (Fsp3) is 1.00. The van der Waals surface area contributed by atoms with Crippen molar-refractivity contribution in [2.75, 3.05) is 40.0 Å². The smallest absolute Gasteiger partial charge is 0.0465 e. The summed E-state index contributed by atoms with van der Waals surface area (Å²) in [6, 6.07) is 0. The Balaban J connectivity index is 2.73. The fourth-order valence-corrected chi connectivity index (χ4v) is 0.806. The standard InChI is InChI=1S/C8H22N4/c1-3-4-10-7-12-8-11-6-5-9-2/h9-12H,3-8H2,1-2H3. The van der Waals surface area contributed by atoms with Gasteiger partial charge in [0, 0.05) is 26.4 Å². The van der Waals surface area contributed by atoms with E-state index in [0.717, 1.165) is 33.0 Å². The number of rotatable bonds is 9. The van der Waals surface area contributed by atoms with Crippen LogP contribution in [0.3, 0.4) is 0 Å². The Labute approximate surface area is 75.5 Å². The first kappa shape index (κ1) is 11.8. The largest absolute Gasteiger partial charge is 0.318 e. The second-order valence-electron chi connectivity index (χ2n) is 2.71. The van der Waals surface area contributed by atoms with Crippen molar-refractivity contribution in [2.45, 2.75) is 13.3 Å². The molecule has 0 atom stereocenters. The molecule has 0 spiro atoms. The molecule has 0 aromatic rings. The molecule has 0 aromatic heterocycles. The van der Waals surface area contributed by atoms with Gasteiger partial charge in [0.15, 0.2) is 0 Å². The highest BCUT2D eigenvalue weighted by atomic mass is 15.1. The summed E-state index contributed by atoms with van der Waals surface area (Å²) in [6.07, 6.45) is 1.19. The lowest BCUT2D eigenvalue weighted by Gasteiger charge is -2.06. The second-order valence-corrected chi connectivity index (χ2v) is 2.71. The highest BCUT2D eigenvalue weighted by Gasteiger charge is 1.84. The third-order valence-electron chi connectivity index (χ3n) is 1.48. The van der Waals surface area contributed by atoms with Crippen LogP contribution < -0.4 is 21.3 Å². The van der Waals surface area contributed by atoms with Gasteiger partial charge in [0.25, 0.3) is 0 Å². The molecule has 0 aromatic carbocycles. The van der Waals surface area contributed by atoms with E-state index in [0.29, 0.717) is 0 Å². The van der Waals surface area contributed by atoms with Gasteiger partial charge in [-0.3, -0.25) is 5.32 Å². The molecule has 0 unspecified atom stereocenters. The van der Waals surface area contributed by atoms with Gasteiger partial charge in [-0.2, -0.15) is 0 Å². The minimum atomic E-state index is 0.873. The van der Waals surface area contributed by atoms with Crippen molar-refractivity contribution >= 4 is 0 Å². The molecule has 0 amide bonds. The lowest BCUT2D eigenvalue weighted by Crippen LogP contribution is -2.38. The number of hydrogen-bond acceptors (Lipinski definition) is 4. The molecule has 0 aliphatic rings. The Morgan fingerprint density at radius 3 is 2.08 bits per heavy atom. The van der Waals surface area contributed by atoms with E-state index in [-0.39, 0.29) is 0 Å². The van der Waals surface area contributed by atoms with Crippen LogP contribution >= 0.6 is 0 Å². The van der Waals surface area contributed by atoms with Gasteiger partial charge in [0.05, 0.1) is 0 Å². The molecule has 0 rings (SSSR count). The van der Waals surface area contributed by atoms with Crippen LogP contribution in [0, 0.1) is 0 Å². The average Bonchev–Trinajstić information content (AvgIpc) is 2.10. The van der Waals surface area contributed by atoms with Crippen molar-refractivity contribution in [1.82, 2.24) is 21.3 Å². The molecule has 0 heterocycles. The van der Waals surface area contributed by atoms with Gasteiger partial charge in [-0.1, -0.05) is 6.92 Å². The predicted molar refractivity (Wildman–Crippen MR) is 53.1 cm³/mol. The normalized spacial score (nSPS) is 10.5. The molecule has 0 aliphatic heterocycles. The van der Waals surface area contributed by atoms with Gasteiger partial charge in [0.2, 0.25) is 0 Å². The van der Waals surface area contributed by atoms with Crippen LogP contribution in [0.1, 0.15) is 13.3 Å². The summed E-state index contributed by atoms with van der Waals surface area (Å²) in [5.74, 6) is 0. The monoisotopic (exact) mass is 174 g/mol. The zero-order valence-corrected chi connectivity index (χ0v) is 8.24. The van der Waals surface area contributed by atoms with E-state index < -0.39 is 0 Å². The van der Waals surface area contributed by atoms with Crippen molar-refractivity contribution in [2.24, 2.45) is 0 Å². The quantitative estimate of drug-likeness (QED) is 0.276. The summed E-state index contributed by atoms with van der Waals surface area (Å²) in [7, 11) is 1.96. The minimum Gasteiger partial charge on any atom is -0.318 e. The number of nitrogens with one attached hydrogen (secondary N) is 4. The molecule has 0 fully saturated rings. The Hall–Kier alpha value is -0.160. The predicted octanol–water partition coefficient (Wildman–Crippen LogP) is -0.700. The van der Waals surface area contributed by atoms with Crippen LogP contribution in [0.4, 0.5) is 0 Å². The summed E-state index contributed by atoms with van der Waals surface area (Å²) in [5.41, 5.74) is 0. The van der Waals surface area contributed by atoms with Gasteiger partial charge in [-0.15, -0.1) is 0 Å². The highest BCUT2D eigenvalue weighted by molar-refractivity contribution is 4.48. The number of likely N-dealkylation sites (N-methyl/N-ethyl adjacent to an activating group) is 1. The lowest BCUT2D eigenvalue weighted by atomic mass is 10.5. The Morgan fingerprint density at radius 1 is 0.833 bits per heavy atom. The summed E-state index contributed by atoms with van der Waals surface area (Å²) in [4.78, 5) is 0. The summed E-state index contributed by atoms with van der Waals surface area (Å²) in [5, 5.41) is 12.8. The van der Waals surface area contributed by atoms with Crippen molar-refractivity contribution in [3.8, 4) is 0 Å². The second kappa shape index (κ2) is 10.8. The van der Waals surface area contributed by atoms with E-state index >= 15 is 0 Å². The molecule has 0 bridgehead atoms. The van der Waals surface area contributed by atoms with Crippen LogP contribution in [-0.4, -0.2) is 40.0 Å². The molecule has 0 saturated heterocycles. The summed E-state index contributed by atoms with van der Waals surface area (Å²) >= 11 is 0. The third kappa shape index (κ3) is 9.84. The zero-order chi connectivity index (χ0) is 9.07. The molecule has 74 valence electrons. The number of hydrogen-bond donors (Lipinski definition) is 4. The topological polar surface area (TPSA) is 48.1 Å². The fourth-order valence-electron chi connectivity index (χ4n) is 0.806. The molecule has 12 heavy (non-hydrogen) atoms. The first-order valence-electron chi connectivity index (χ1n) is 4.68. The average molecular weight is 174 g/mol. The van der Waals surface area contributed by atoms with E-state index in [4.69, 9.17) is 0 Å². The Bertz CT molecular complexity index is 67.5. The summed E-state index contributed by atoms with van der Waals surface area (Å²) < 4.78 is 0. The molecule has 0 radical (unpaired) electrons. The van der Waals surface area contributed by atoms with Crippen LogP contribution in [0.25, 0.3) is 0 Å². The van der Waals surface area contributed by atoms with Crippen LogP contribution in [0.5, 0.6) is 0 Å². The van der Waals surface area contributed by atoms with Crippen molar-refractivity contribution < 1.29 is 0 Å². The van der Waals surface area contributed by atoms with E-state index in [2.05, 4.69) is 28.2 Å². The first-order chi connectivity index (χ1) is 5.91. The van der Waals surface area contributed by atoms with Crippen molar-refractivity contribution in [3.63, 3.8) is 0 Å². The van der Waals surface area contributed by atoms with Gasteiger partial charge < -0.3 is 16.0 Å². The molecule has 4 nitrogen and oxygen atoms in total. The van der Waals surface area contributed by atoms with E-state index in [1.807, 2.05) is 7.05 Å². The molecule has 4 heteroatoms. The molecule has 0 saturated carbocycles. The van der Waals surface area contributed by atoms with Gasteiger partial charge >= 0.3 is 0 Å². The minimum absolute atomic E-state index is 0.873. The molecular weight excluding hydrogens is 152 g/mol. The molecular formula is C8H22N4. The van der Waals surface area contributed by atoms with Crippen LogP contribution in [0.15, 0.2) is 0 Å². The van der Waals surface area contributed by atoms with Gasteiger partial charge in [-0.25, -0.2) is 0 Å².